The van der Waals surface area contributed by atoms with Crippen LogP contribution in [0.4, 0.5) is 0 Å². The van der Waals surface area contributed by atoms with E-state index in [4.69, 9.17) is 4.74 Å². The van der Waals surface area contributed by atoms with Gasteiger partial charge in [0, 0.05) is 26.7 Å². The van der Waals surface area contributed by atoms with Crippen LogP contribution in [0.1, 0.15) is 31.7 Å². The van der Waals surface area contributed by atoms with Crippen LogP contribution in [0, 0.1) is 0 Å². The molecule has 1 saturated heterocycles. The van der Waals surface area contributed by atoms with Crippen LogP contribution in [0.5, 0.6) is 5.75 Å². The fourth-order valence-corrected chi connectivity index (χ4v) is 3.06. The molecule has 1 aromatic rings. The van der Waals surface area contributed by atoms with E-state index >= 15 is 0 Å². The van der Waals surface area contributed by atoms with Crippen molar-refractivity contribution >= 4 is 5.96 Å². The van der Waals surface area contributed by atoms with Crippen LogP contribution in [-0.4, -0.2) is 57.2 Å². The quantitative estimate of drug-likeness (QED) is 0.566. The van der Waals surface area contributed by atoms with Crippen LogP contribution in [-0.2, 0) is 6.42 Å². The van der Waals surface area contributed by atoms with Gasteiger partial charge in [0.2, 0.25) is 0 Å². The standard InChI is InChI=1S/C19H32N4O/c1-3-24-18-10-6-5-9-17(18)11-12-21-19(20-2)22-13-16-23-14-7-4-8-15-23/h5-6,9-10H,3-4,7-8,11-16H2,1-2H3,(H2,20,21,22). The molecule has 0 spiro atoms. The van der Waals surface area contributed by atoms with Gasteiger partial charge in [-0.1, -0.05) is 24.6 Å². The van der Waals surface area contributed by atoms with Crippen LogP contribution in [0.25, 0.3) is 0 Å². The number of guanidine groups is 1. The average Bonchev–Trinajstić information content (AvgIpc) is 2.63. The number of nitrogens with one attached hydrogen (secondary N) is 2. The third-order valence-corrected chi connectivity index (χ3v) is 4.35. The van der Waals surface area contributed by atoms with Crippen molar-refractivity contribution in [3.8, 4) is 5.75 Å². The van der Waals surface area contributed by atoms with Crippen molar-refractivity contribution in [2.24, 2.45) is 4.99 Å². The molecule has 0 aliphatic carbocycles. The van der Waals surface area contributed by atoms with Crippen molar-refractivity contribution in [2.45, 2.75) is 32.6 Å². The van der Waals surface area contributed by atoms with E-state index in [1.165, 1.54) is 37.9 Å². The van der Waals surface area contributed by atoms with Gasteiger partial charge in [-0.05, 0) is 50.9 Å². The predicted octanol–water partition coefficient (Wildman–Crippen LogP) is 2.28. The van der Waals surface area contributed by atoms with Gasteiger partial charge in [-0.15, -0.1) is 0 Å². The third kappa shape index (κ3) is 6.40. The van der Waals surface area contributed by atoms with E-state index in [9.17, 15) is 0 Å². The zero-order valence-corrected chi connectivity index (χ0v) is 15.2. The van der Waals surface area contributed by atoms with E-state index < -0.39 is 0 Å². The smallest absolute Gasteiger partial charge is 0.191 e. The molecule has 1 aromatic carbocycles. The highest BCUT2D eigenvalue weighted by atomic mass is 16.5. The first-order chi connectivity index (χ1) is 11.8. The van der Waals surface area contributed by atoms with Crippen LogP contribution >= 0.6 is 0 Å². The lowest BCUT2D eigenvalue weighted by atomic mass is 10.1. The van der Waals surface area contributed by atoms with Gasteiger partial charge in [0.15, 0.2) is 5.96 Å². The minimum Gasteiger partial charge on any atom is -0.494 e. The first-order valence-corrected chi connectivity index (χ1v) is 9.21. The molecular weight excluding hydrogens is 300 g/mol. The number of rotatable bonds is 8. The van der Waals surface area contributed by atoms with E-state index in [1.807, 2.05) is 26.1 Å². The summed E-state index contributed by atoms with van der Waals surface area (Å²) in [5.41, 5.74) is 1.23. The molecule has 0 aromatic heterocycles. The van der Waals surface area contributed by atoms with Crippen LogP contribution in [0.2, 0.25) is 0 Å². The normalized spacial score (nSPS) is 16.0. The Labute approximate surface area is 146 Å². The van der Waals surface area contributed by atoms with E-state index in [0.29, 0.717) is 6.61 Å². The third-order valence-electron chi connectivity index (χ3n) is 4.35. The summed E-state index contributed by atoms with van der Waals surface area (Å²) in [7, 11) is 1.82. The van der Waals surface area contributed by atoms with Gasteiger partial charge in [0.05, 0.1) is 6.61 Å². The Morgan fingerprint density at radius 3 is 2.62 bits per heavy atom. The Kier molecular flexibility index (Phi) is 8.46. The van der Waals surface area contributed by atoms with Crippen molar-refractivity contribution in [3.05, 3.63) is 29.8 Å². The van der Waals surface area contributed by atoms with Crippen LogP contribution in [0.3, 0.4) is 0 Å². The molecule has 0 unspecified atom stereocenters. The summed E-state index contributed by atoms with van der Waals surface area (Å²) in [6, 6.07) is 8.23. The molecule has 5 heteroatoms. The second kappa shape index (κ2) is 10.9. The number of ether oxygens (including phenoxy) is 1. The highest BCUT2D eigenvalue weighted by Gasteiger charge is 2.09. The van der Waals surface area contributed by atoms with Gasteiger partial charge in [-0.2, -0.15) is 0 Å². The molecule has 0 saturated carbocycles. The Hall–Kier alpha value is -1.75. The first-order valence-electron chi connectivity index (χ1n) is 9.21. The Morgan fingerprint density at radius 2 is 1.88 bits per heavy atom. The largest absolute Gasteiger partial charge is 0.494 e. The zero-order chi connectivity index (χ0) is 17.0. The molecule has 5 nitrogen and oxygen atoms in total. The summed E-state index contributed by atoms with van der Waals surface area (Å²) in [4.78, 5) is 6.84. The van der Waals surface area contributed by atoms with Crippen LogP contribution < -0.4 is 15.4 Å². The van der Waals surface area contributed by atoms with Gasteiger partial charge >= 0.3 is 0 Å². The van der Waals surface area contributed by atoms with E-state index in [2.05, 4.69) is 32.7 Å². The Morgan fingerprint density at radius 1 is 1.12 bits per heavy atom. The highest BCUT2D eigenvalue weighted by molar-refractivity contribution is 5.79. The fourth-order valence-electron chi connectivity index (χ4n) is 3.06. The van der Waals surface area contributed by atoms with Crippen molar-refractivity contribution in [3.63, 3.8) is 0 Å². The summed E-state index contributed by atoms with van der Waals surface area (Å²) in [5, 5.41) is 6.80. The molecule has 0 bridgehead atoms. The molecule has 1 aliphatic rings. The predicted molar refractivity (Wildman–Crippen MR) is 101 cm³/mol. The molecule has 0 atom stereocenters. The maximum Gasteiger partial charge on any atom is 0.191 e. The van der Waals surface area contributed by atoms with E-state index in [1.54, 1.807) is 0 Å². The molecule has 1 heterocycles. The summed E-state index contributed by atoms with van der Waals surface area (Å²) in [6.45, 7) is 8.06. The van der Waals surface area contributed by atoms with Crippen molar-refractivity contribution in [1.29, 1.82) is 0 Å². The number of hydrogen-bond acceptors (Lipinski definition) is 3. The minimum absolute atomic E-state index is 0.699. The average molecular weight is 332 g/mol. The van der Waals surface area contributed by atoms with Crippen LogP contribution in [0.15, 0.2) is 29.3 Å². The number of likely N-dealkylation sites (tertiary alicyclic amines) is 1. The van der Waals surface area contributed by atoms with Gasteiger partial charge in [-0.25, -0.2) is 0 Å². The van der Waals surface area contributed by atoms with Crippen molar-refractivity contribution in [2.75, 3.05) is 46.4 Å². The molecule has 1 aliphatic heterocycles. The van der Waals surface area contributed by atoms with Gasteiger partial charge in [-0.3, -0.25) is 4.99 Å². The Balaban J connectivity index is 1.68. The lowest BCUT2D eigenvalue weighted by Gasteiger charge is -2.26. The molecule has 1 fully saturated rings. The zero-order valence-electron chi connectivity index (χ0n) is 15.2. The molecule has 2 rings (SSSR count). The monoisotopic (exact) mass is 332 g/mol. The van der Waals surface area contributed by atoms with E-state index in [-0.39, 0.29) is 0 Å². The van der Waals surface area contributed by atoms with Crippen molar-refractivity contribution < 1.29 is 4.74 Å². The van der Waals surface area contributed by atoms with Gasteiger partial charge in [0.1, 0.15) is 5.75 Å². The highest BCUT2D eigenvalue weighted by Crippen LogP contribution is 2.17. The topological polar surface area (TPSA) is 48.9 Å². The van der Waals surface area contributed by atoms with Crippen molar-refractivity contribution in [1.82, 2.24) is 15.5 Å². The SMILES string of the molecule is CCOc1ccccc1CCNC(=NC)NCCN1CCCCC1. The maximum absolute atomic E-state index is 5.67. The summed E-state index contributed by atoms with van der Waals surface area (Å²) < 4.78 is 5.67. The first kappa shape index (κ1) is 18.6. The molecule has 134 valence electrons. The number of para-hydroxylation sites is 1. The number of nitrogens with zero attached hydrogens (tertiary/aromatic N) is 2. The molecule has 0 amide bonds. The molecule has 2 N–H and O–H groups in total. The Bertz CT molecular complexity index is 498. The lowest BCUT2D eigenvalue weighted by Crippen LogP contribution is -2.43. The summed E-state index contributed by atoms with van der Waals surface area (Å²) in [6.07, 6.45) is 4.98. The molecular formula is C19H32N4O. The second-order valence-corrected chi connectivity index (χ2v) is 6.12. The molecule has 0 radical (unpaired) electrons. The fraction of sp³-hybridized carbons (Fsp3) is 0.632. The summed E-state index contributed by atoms with van der Waals surface area (Å²) >= 11 is 0. The number of benzene rings is 1. The molecule has 24 heavy (non-hydrogen) atoms. The van der Waals surface area contributed by atoms with Gasteiger partial charge < -0.3 is 20.3 Å². The number of aliphatic imine (C=N–C) groups is 1. The minimum atomic E-state index is 0.699. The van der Waals surface area contributed by atoms with E-state index in [0.717, 1.165) is 37.8 Å². The second-order valence-electron chi connectivity index (χ2n) is 6.12. The van der Waals surface area contributed by atoms with Gasteiger partial charge in [0.25, 0.3) is 0 Å². The number of piperidine rings is 1. The number of hydrogen-bond donors (Lipinski definition) is 2. The summed E-state index contributed by atoms with van der Waals surface area (Å²) in [5.74, 6) is 1.86. The maximum atomic E-state index is 5.67. The lowest BCUT2D eigenvalue weighted by molar-refractivity contribution is 0.232.